The number of benzene rings is 1. The molecular formula is C14H17BrN2O3S. The zero-order chi connectivity index (χ0) is 15.6. The van der Waals surface area contributed by atoms with E-state index in [1.54, 1.807) is 18.2 Å². The average molecular weight is 373 g/mol. The third-order valence-corrected chi connectivity index (χ3v) is 5.09. The smallest absolute Gasteiger partial charge is 0.272 e. The summed E-state index contributed by atoms with van der Waals surface area (Å²) in [6.07, 6.45) is 2.95. The maximum Gasteiger partial charge on any atom is 0.272 e. The third-order valence-electron chi connectivity index (χ3n) is 2.89. The van der Waals surface area contributed by atoms with Crippen molar-refractivity contribution in [2.75, 3.05) is 6.61 Å². The second-order valence-electron chi connectivity index (χ2n) is 4.77. The summed E-state index contributed by atoms with van der Waals surface area (Å²) in [5, 5.41) is 0. The highest BCUT2D eigenvalue weighted by Crippen LogP contribution is 2.30. The number of halogens is 1. The maximum atomic E-state index is 12.9. The Morgan fingerprint density at radius 1 is 1.38 bits per heavy atom. The number of rotatable bonds is 5. The predicted octanol–water partition coefficient (Wildman–Crippen LogP) is 3.40. The van der Waals surface area contributed by atoms with Gasteiger partial charge in [-0.05, 0) is 25.1 Å². The Kier molecular flexibility index (Phi) is 4.73. The van der Waals surface area contributed by atoms with Gasteiger partial charge in [-0.15, -0.1) is 0 Å². The SMILES string of the molecule is CCOc1ccc(Br)cc1S(=O)(=O)n1ccnc1C(C)C. The molecule has 0 atom stereocenters. The van der Waals surface area contributed by atoms with Crippen LogP contribution in [0.5, 0.6) is 5.75 Å². The van der Waals surface area contributed by atoms with Gasteiger partial charge in [-0.2, -0.15) is 0 Å². The highest BCUT2D eigenvalue weighted by Gasteiger charge is 2.25. The Bertz CT molecular complexity index is 738. The number of aromatic nitrogens is 2. The monoisotopic (exact) mass is 372 g/mol. The van der Waals surface area contributed by atoms with Gasteiger partial charge in [0, 0.05) is 22.8 Å². The van der Waals surface area contributed by atoms with E-state index in [9.17, 15) is 8.42 Å². The van der Waals surface area contributed by atoms with Crippen LogP contribution >= 0.6 is 15.9 Å². The van der Waals surface area contributed by atoms with Crippen LogP contribution in [-0.4, -0.2) is 24.0 Å². The Hall–Kier alpha value is -1.34. The molecule has 0 unspecified atom stereocenters. The Morgan fingerprint density at radius 3 is 2.71 bits per heavy atom. The summed E-state index contributed by atoms with van der Waals surface area (Å²) in [5.41, 5.74) is 0. The number of imidazole rings is 1. The van der Waals surface area contributed by atoms with E-state index in [2.05, 4.69) is 20.9 Å². The van der Waals surface area contributed by atoms with Crippen molar-refractivity contribution < 1.29 is 13.2 Å². The summed E-state index contributed by atoms with van der Waals surface area (Å²) in [7, 11) is -3.75. The summed E-state index contributed by atoms with van der Waals surface area (Å²) >= 11 is 3.31. The highest BCUT2D eigenvalue weighted by molar-refractivity contribution is 9.10. The Labute approximate surface area is 133 Å². The van der Waals surface area contributed by atoms with E-state index >= 15 is 0 Å². The van der Waals surface area contributed by atoms with Crippen LogP contribution in [-0.2, 0) is 10.0 Å². The normalized spacial score (nSPS) is 11.9. The van der Waals surface area contributed by atoms with Crippen molar-refractivity contribution in [3.63, 3.8) is 0 Å². The lowest BCUT2D eigenvalue weighted by molar-refractivity contribution is 0.331. The van der Waals surface area contributed by atoms with Gasteiger partial charge in [-0.25, -0.2) is 17.4 Å². The van der Waals surface area contributed by atoms with E-state index in [1.807, 2.05) is 20.8 Å². The van der Waals surface area contributed by atoms with Gasteiger partial charge in [0.1, 0.15) is 16.5 Å². The first-order valence-electron chi connectivity index (χ1n) is 6.59. The van der Waals surface area contributed by atoms with E-state index in [1.165, 1.54) is 16.4 Å². The van der Waals surface area contributed by atoms with Crippen LogP contribution in [0, 0.1) is 0 Å². The number of hydrogen-bond donors (Lipinski definition) is 0. The molecule has 0 aliphatic rings. The fraction of sp³-hybridized carbons (Fsp3) is 0.357. The van der Waals surface area contributed by atoms with Gasteiger partial charge in [0.25, 0.3) is 10.0 Å². The molecule has 2 aromatic rings. The highest BCUT2D eigenvalue weighted by atomic mass is 79.9. The van der Waals surface area contributed by atoms with Gasteiger partial charge in [0.15, 0.2) is 0 Å². The summed E-state index contributed by atoms with van der Waals surface area (Å²) in [6, 6.07) is 4.94. The summed E-state index contributed by atoms with van der Waals surface area (Å²) in [6.45, 7) is 6.01. The minimum absolute atomic E-state index is 0.00234. The first kappa shape index (κ1) is 16.0. The molecular weight excluding hydrogens is 356 g/mol. The molecule has 1 aromatic carbocycles. The van der Waals surface area contributed by atoms with E-state index in [-0.39, 0.29) is 10.8 Å². The quantitative estimate of drug-likeness (QED) is 0.806. The molecule has 0 saturated carbocycles. The zero-order valence-electron chi connectivity index (χ0n) is 12.1. The summed E-state index contributed by atoms with van der Waals surface area (Å²) in [5.74, 6) is 0.832. The molecule has 21 heavy (non-hydrogen) atoms. The molecule has 0 radical (unpaired) electrons. The molecule has 0 bridgehead atoms. The van der Waals surface area contributed by atoms with Crippen molar-refractivity contribution in [3.05, 3.63) is 40.9 Å². The van der Waals surface area contributed by atoms with E-state index in [0.29, 0.717) is 22.7 Å². The lowest BCUT2D eigenvalue weighted by Gasteiger charge is -2.14. The van der Waals surface area contributed by atoms with Gasteiger partial charge in [-0.1, -0.05) is 29.8 Å². The van der Waals surface area contributed by atoms with Gasteiger partial charge < -0.3 is 4.74 Å². The van der Waals surface area contributed by atoms with Gasteiger partial charge in [-0.3, -0.25) is 0 Å². The average Bonchev–Trinajstić information content (AvgIpc) is 2.91. The van der Waals surface area contributed by atoms with Crippen LogP contribution in [0.1, 0.15) is 32.5 Å². The van der Waals surface area contributed by atoms with Crippen molar-refractivity contribution in [2.45, 2.75) is 31.6 Å². The first-order valence-corrected chi connectivity index (χ1v) is 8.82. The van der Waals surface area contributed by atoms with Crippen molar-refractivity contribution in [2.24, 2.45) is 0 Å². The predicted molar refractivity (Wildman–Crippen MR) is 84.2 cm³/mol. The van der Waals surface area contributed by atoms with E-state index in [4.69, 9.17) is 4.74 Å². The number of hydrogen-bond acceptors (Lipinski definition) is 4. The standard InChI is InChI=1S/C14H17BrN2O3S/c1-4-20-12-6-5-11(15)9-13(12)21(18,19)17-8-7-16-14(17)10(2)3/h5-10H,4H2,1-3H3. The molecule has 1 heterocycles. The molecule has 0 saturated heterocycles. The second-order valence-corrected chi connectivity index (χ2v) is 7.46. The molecule has 7 heteroatoms. The first-order chi connectivity index (χ1) is 9.87. The fourth-order valence-corrected chi connectivity index (χ4v) is 4.08. The number of ether oxygens (including phenoxy) is 1. The van der Waals surface area contributed by atoms with Crippen LogP contribution in [0.4, 0.5) is 0 Å². The molecule has 0 aliphatic carbocycles. The second kappa shape index (κ2) is 6.19. The van der Waals surface area contributed by atoms with Crippen LogP contribution in [0.3, 0.4) is 0 Å². The molecule has 0 amide bonds. The largest absolute Gasteiger partial charge is 0.492 e. The molecule has 2 rings (SSSR count). The summed E-state index contributed by atoms with van der Waals surface area (Å²) < 4.78 is 33.1. The van der Waals surface area contributed by atoms with Crippen molar-refractivity contribution in [1.82, 2.24) is 8.96 Å². The van der Waals surface area contributed by atoms with Crippen LogP contribution < -0.4 is 4.74 Å². The van der Waals surface area contributed by atoms with E-state index < -0.39 is 10.0 Å². The molecule has 0 fully saturated rings. The van der Waals surface area contributed by atoms with Crippen LogP contribution in [0.25, 0.3) is 0 Å². The van der Waals surface area contributed by atoms with E-state index in [0.717, 1.165) is 0 Å². The molecule has 5 nitrogen and oxygen atoms in total. The minimum Gasteiger partial charge on any atom is -0.492 e. The lowest BCUT2D eigenvalue weighted by Crippen LogP contribution is -2.17. The van der Waals surface area contributed by atoms with Gasteiger partial charge >= 0.3 is 0 Å². The topological polar surface area (TPSA) is 61.2 Å². The third kappa shape index (κ3) is 3.13. The molecule has 1 aromatic heterocycles. The van der Waals surface area contributed by atoms with Crippen molar-refractivity contribution >= 4 is 26.0 Å². The fourth-order valence-electron chi connectivity index (χ4n) is 1.97. The molecule has 114 valence electrons. The molecule has 0 aliphatic heterocycles. The Balaban J connectivity index is 2.64. The van der Waals surface area contributed by atoms with Crippen LogP contribution in [0.15, 0.2) is 40.0 Å². The lowest BCUT2D eigenvalue weighted by atomic mass is 10.2. The summed E-state index contributed by atoms with van der Waals surface area (Å²) in [4.78, 5) is 4.26. The number of nitrogens with zero attached hydrogens (tertiary/aromatic N) is 2. The minimum atomic E-state index is -3.75. The van der Waals surface area contributed by atoms with Crippen molar-refractivity contribution in [3.8, 4) is 5.75 Å². The Morgan fingerprint density at radius 2 is 2.10 bits per heavy atom. The van der Waals surface area contributed by atoms with Gasteiger partial charge in [0.05, 0.1) is 6.61 Å². The molecule has 0 N–H and O–H groups in total. The zero-order valence-corrected chi connectivity index (χ0v) is 14.5. The van der Waals surface area contributed by atoms with Crippen LogP contribution in [0.2, 0.25) is 0 Å². The molecule has 0 spiro atoms. The van der Waals surface area contributed by atoms with Crippen molar-refractivity contribution in [1.29, 1.82) is 0 Å². The maximum absolute atomic E-state index is 12.9. The van der Waals surface area contributed by atoms with Gasteiger partial charge in [0.2, 0.25) is 0 Å².